The van der Waals surface area contributed by atoms with Gasteiger partial charge in [-0.2, -0.15) is 0 Å². The SMILES string of the molecule is CCC(C)c1cccc(OC(=O)CNc2cccc3cc(S(=O)(=O)[O-])ccc23)c1. The standard InChI is InChI=1S/C22H23NO5S/c1-3-15(2)16-6-4-8-18(12-16)28-22(24)14-23-21-9-5-7-17-13-19(29(25,26)27)10-11-20(17)21/h4-13,15,23H,3,14H2,1-2H3,(H,25,26,27)/p-1. The summed E-state index contributed by atoms with van der Waals surface area (Å²) in [5.41, 5.74) is 1.76. The fourth-order valence-electron chi connectivity index (χ4n) is 3.03. The van der Waals surface area contributed by atoms with Crippen molar-refractivity contribution >= 4 is 32.5 Å². The van der Waals surface area contributed by atoms with Crippen molar-refractivity contribution in [3.63, 3.8) is 0 Å². The van der Waals surface area contributed by atoms with E-state index in [0.29, 0.717) is 28.1 Å². The molecule has 0 aliphatic heterocycles. The zero-order valence-corrected chi connectivity index (χ0v) is 17.0. The van der Waals surface area contributed by atoms with E-state index in [9.17, 15) is 17.8 Å². The smallest absolute Gasteiger partial charge is 0.330 e. The molecule has 0 radical (unpaired) electrons. The molecule has 3 rings (SSSR count). The first-order chi connectivity index (χ1) is 13.8. The van der Waals surface area contributed by atoms with Crippen LogP contribution in [0.25, 0.3) is 10.8 Å². The van der Waals surface area contributed by atoms with Crippen LogP contribution in [0, 0.1) is 0 Å². The molecular weight excluding hydrogens is 390 g/mol. The van der Waals surface area contributed by atoms with Gasteiger partial charge in [-0.3, -0.25) is 0 Å². The highest BCUT2D eigenvalue weighted by molar-refractivity contribution is 7.85. The van der Waals surface area contributed by atoms with E-state index in [-0.39, 0.29) is 11.4 Å². The predicted molar refractivity (Wildman–Crippen MR) is 111 cm³/mol. The average molecular weight is 412 g/mol. The molecule has 0 fully saturated rings. The summed E-state index contributed by atoms with van der Waals surface area (Å²) in [5.74, 6) is 0.435. The van der Waals surface area contributed by atoms with Crippen molar-refractivity contribution in [2.24, 2.45) is 0 Å². The van der Waals surface area contributed by atoms with E-state index in [0.717, 1.165) is 12.0 Å². The van der Waals surface area contributed by atoms with Crippen LogP contribution in [0.4, 0.5) is 5.69 Å². The van der Waals surface area contributed by atoms with Crippen LogP contribution in [-0.4, -0.2) is 25.5 Å². The largest absolute Gasteiger partial charge is 0.744 e. The highest BCUT2D eigenvalue weighted by Gasteiger charge is 2.10. The van der Waals surface area contributed by atoms with E-state index >= 15 is 0 Å². The van der Waals surface area contributed by atoms with Gasteiger partial charge in [0.2, 0.25) is 0 Å². The van der Waals surface area contributed by atoms with Crippen LogP contribution < -0.4 is 10.1 Å². The minimum atomic E-state index is -4.52. The minimum absolute atomic E-state index is 0.0612. The fraction of sp³-hybridized carbons (Fsp3) is 0.227. The number of fused-ring (bicyclic) bond motifs is 1. The topological polar surface area (TPSA) is 95.5 Å². The molecule has 0 spiro atoms. The molecule has 1 atom stereocenters. The van der Waals surface area contributed by atoms with Crippen molar-refractivity contribution in [1.82, 2.24) is 0 Å². The number of nitrogens with one attached hydrogen (secondary N) is 1. The predicted octanol–water partition coefficient (Wildman–Crippen LogP) is 4.27. The van der Waals surface area contributed by atoms with Gasteiger partial charge in [0.1, 0.15) is 22.4 Å². The fourth-order valence-corrected chi connectivity index (χ4v) is 3.53. The average Bonchev–Trinajstić information content (AvgIpc) is 2.70. The normalized spacial score (nSPS) is 12.5. The van der Waals surface area contributed by atoms with E-state index in [2.05, 4.69) is 19.2 Å². The minimum Gasteiger partial charge on any atom is -0.744 e. The third kappa shape index (κ3) is 5.13. The quantitative estimate of drug-likeness (QED) is 0.354. The molecule has 3 aromatic rings. The van der Waals surface area contributed by atoms with Crippen LogP contribution in [0.5, 0.6) is 5.75 Å². The molecule has 0 amide bonds. The highest BCUT2D eigenvalue weighted by atomic mass is 32.2. The van der Waals surface area contributed by atoms with E-state index in [1.165, 1.54) is 12.1 Å². The van der Waals surface area contributed by atoms with Gasteiger partial charge in [0, 0.05) is 11.1 Å². The molecule has 0 aliphatic carbocycles. The zero-order chi connectivity index (χ0) is 21.0. The number of anilines is 1. The second-order valence-corrected chi connectivity index (χ2v) is 8.23. The summed E-state index contributed by atoms with van der Waals surface area (Å²) in [4.78, 5) is 12.0. The second-order valence-electron chi connectivity index (χ2n) is 6.85. The Balaban J connectivity index is 1.71. The Morgan fingerprint density at radius 3 is 2.59 bits per heavy atom. The molecule has 3 aromatic carbocycles. The Hall–Kier alpha value is -2.90. The second kappa shape index (κ2) is 8.63. The Labute approximate surface area is 170 Å². The van der Waals surface area contributed by atoms with Crippen molar-refractivity contribution in [2.45, 2.75) is 31.1 Å². The molecule has 6 nitrogen and oxygen atoms in total. The number of carbonyl (C=O) groups excluding carboxylic acids is 1. The summed E-state index contributed by atoms with van der Waals surface area (Å²) in [7, 11) is -4.52. The van der Waals surface area contributed by atoms with Gasteiger partial charge in [-0.15, -0.1) is 0 Å². The summed E-state index contributed by atoms with van der Waals surface area (Å²) in [6.45, 7) is 4.16. The first-order valence-corrected chi connectivity index (χ1v) is 10.7. The first kappa shape index (κ1) is 20.8. The van der Waals surface area contributed by atoms with Crippen molar-refractivity contribution in [3.05, 3.63) is 66.2 Å². The third-order valence-electron chi connectivity index (χ3n) is 4.83. The number of esters is 1. The van der Waals surface area contributed by atoms with Crippen molar-refractivity contribution in [3.8, 4) is 5.75 Å². The molecule has 0 aliphatic rings. The molecule has 0 aromatic heterocycles. The number of hydrogen-bond donors (Lipinski definition) is 1. The van der Waals surface area contributed by atoms with Crippen LogP contribution in [-0.2, 0) is 14.9 Å². The summed E-state index contributed by atoms with van der Waals surface area (Å²) in [6.07, 6.45) is 0.995. The Morgan fingerprint density at radius 2 is 1.86 bits per heavy atom. The maximum Gasteiger partial charge on any atom is 0.330 e. The molecule has 1 unspecified atom stereocenters. The lowest BCUT2D eigenvalue weighted by Gasteiger charge is -2.13. The van der Waals surface area contributed by atoms with Gasteiger partial charge in [-0.1, -0.05) is 44.2 Å². The Kier molecular flexibility index (Phi) is 6.20. The molecule has 0 saturated carbocycles. The zero-order valence-electron chi connectivity index (χ0n) is 16.2. The molecule has 0 saturated heterocycles. The molecule has 29 heavy (non-hydrogen) atoms. The number of ether oxygens (including phenoxy) is 1. The molecule has 7 heteroatoms. The maximum atomic E-state index is 12.3. The Morgan fingerprint density at radius 1 is 1.10 bits per heavy atom. The number of hydrogen-bond acceptors (Lipinski definition) is 6. The summed E-state index contributed by atoms with van der Waals surface area (Å²) < 4.78 is 39.0. The van der Waals surface area contributed by atoms with Gasteiger partial charge in [0.25, 0.3) is 0 Å². The van der Waals surface area contributed by atoms with Gasteiger partial charge in [0.15, 0.2) is 0 Å². The lowest BCUT2D eigenvalue weighted by atomic mass is 9.99. The lowest BCUT2D eigenvalue weighted by Crippen LogP contribution is -2.19. The number of carbonyl (C=O) groups is 1. The monoisotopic (exact) mass is 412 g/mol. The van der Waals surface area contributed by atoms with Gasteiger partial charge < -0.3 is 14.6 Å². The van der Waals surface area contributed by atoms with Crippen molar-refractivity contribution < 1.29 is 22.5 Å². The highest BCUT2D eigenvalue weighted by Crippen LogP contribution is 2.26. The van der Waals surface area contributed by atoms with Crippen molar-refractivity contribution in [1.29, 1.82) is 0 Å². The van der Waals surface area contributed by atoms with Gasteiger partial charge in [-0.25, -0.2) is 13.2 Å². The lowest BCUT2D eigenvalue weighted by molar-refractivity contribution is -0.132. The Bertz CT molecular complexity index is 1140. The van der Waals surface area contributed by atoms with Crippen LogP contribution in [0.15, 0.2) is 65.6 Å². The van der Waals surface area contributed by atoms with E-state index < -0.39 is 16.1 Å². The van der Waals surface area contributed by atoms with Crippen LogP contribution in [0.2, 0.25) is 0 Å². The van der Waals surface area contributed by atoms with E-state index in [4.69, 9.17) is 4.74 Å². The molecular formula is C22H22NO5S-. The van der Waals surface area contributed by atoms with Crippen LogP contribution in [0.3, 0.4) is 0 Å². The van der Waals surface area contributed by atoms with Gasteiger partial charge >= 0.3 is 5.97 Å². The number of benzene rings is 3. The number of rotatable bonds is 7. The van der Waals surface area contributed by atoms with Crippen LogP contribution in [0.1, 0.15) is 31.7 Å². The van der Waals surface area contributed by atoms with E-state index in [1.807, 2.05) is 18.2 Å². The van der Waals surface area contributed by atoms with Crippen molar-refractivity contribution in [2.75, 3.05) is 11.9 Å². The van der Waals surface area contributed by atoms with Gasteiger partial charge in [0.05, 0.1) is 4.90 Å². The third-order valence-corrected chi connectivity index (χ3v) is 5.67. The molecule has 152 valence electrons. The van der Waals surface area contributed by atoms with E-state index in [1.54, 1.807) is 30.3 Å². The summed E-state index contributed by atoms with van der Waals surface area (Å²) in [6, 6.07) is 16.8. The summed E-state index contributed by atoms with van der Waals surface area (Å²) in [5, 5.41) is 4.30. The van der Waals surface area contributed by atoms with Crippen LogP contribution >= 0.6 is 0 Å². The summed E-state index contributed by atoms with van der Waals surface area (Å²) >= 11 is 0. The first-order valence-electron chi connectivity index (χ1n) is 9.31. The maximum absolute atomic E-state index is 12.3. The molecule has 0 bridgehead atoms. The molecule has 1 N–H and O–H groups in total. The van der Waals surface area contributed by atoms with Gasteiger partial charge in [-0.05, 0) is 53.6 Å². The molecule has 0 heterocycles.